The molecular formula is C20H21N3O4. The standard InChI is InChI=1S/C20H21N3O4/c1-13(24)26-10-5-11-27-15-7-3-6-14(12-15)17-16-8-4-9-22-19(16)23(2)20(25)18(17)21/h3-4,6-9,12H,5,10-11,21H2,1-2H3. The quantitative estimate of drug-likeness (QED) is 0.531. The zero-order valence-electron chi connectivity index (χ0n) is 15.3. The number of hydrogen-bond acceptors (Lipinski definition) is 6. The van der Waals surface area contributed by atoms with Crippen LogP contribution in [-0.4, -0.2) is 28.7 Å². The molecule has 0 saturated heterocycles. The van der Waals surface area contributed by atoms with Gasteiger partial charge >= 0.3 is 5.97 Å². The van der Waals surface area contributed by atoms with Gasteiger partial charge in [-0.1, -0.05) is 12.1 Å². The fourth-order valence-corrected chi connectivity index (χ4v) is 2.91. The maximum Gasteiger partial charge on any atom is 0.302 e. The number of carbonyl (C=O) groups excluding carboxylic acids is 1. The van der Waals surface area contributed by atoms with E-state index in [2.05, 4.69) is 4.98 Å². The van der Waals surface area contributed by atoms with Gasteiger partial charge in [-0.3, -0.25) is 14.2 Å². The summed E-state index contributed by atoms with van der Waals surface area (Å²) in [6.07, 6.45) is 2.23. The van der Waals surface area contributed by atoms with Crippen LogP contribution in [0.1, 0.15) is 13.3 Å². The van der Waals surface area contributed by atoms with Crippen LogP contribution < -0.4 is 16.0 Å². The Balaban J connectivity index is 1.92. The van der Waals surface area contributed by atoms with E-state index in [4.69, 9.17) is 15.2 Å². The van der Waals surface area contributed by atoms with E-state index in [0.29, 0.717) is 36.6 Å². The lowest BCUT2D eigenvalue weighted by molar-refractivity contribution is -0.141. The van der Waals surface area contributed by atoms with Gasteiger partial charge in [-0.05, 0) is 29.8 Å². The van der Waals surface area contributed by atoms with Gasteiger partial charge in [0.05, 0.1) is 13.2 Å². The second kappa shape index (κ2) is 7.90. The number of rotatable bonds is 6. The molecule has 2 N–H and O–H groups in total. The predicted octanol–water partition coefficient (Wildman–Crippen LogP) is 2.51. The molecule has 3 aromatic rings. The molecule has 140 valence electrons. The van der Waals surface area contributed by atoms with Crippen LogP contribution in [0.15, 0.2) is 47.4 Å². The lowest BCUT2D eigenvalue weighted by atomic mass is 10.0. The molecule has 0 aliphatic heterocycles. The predicted molar refractivity (Wildman–Crippen MR) is 104 cm³/mol. The van der Waals surface area contributed by atoms with Gasteiger partial charge in [-0.2, -0.15) is 0 Å². The van der Waals surface area contributed by atoms with Gasteiger partial charge in [0.15, 0.2) is 0 Å². The number of pyridine rings is 2. The van der Waals surface area contributed by atoms with Crippen LogP contribution in [0.3, 0.4) is 0 Å². The number of carbonyl (C=O) groups is 1. The number of aromatic nitrogens is 2. The van der Waals surface area contributed by atoms with Gasteiger partial charge in [0, 0.05) is 37.5 Å². The number of anilines is 1. The summed E-state index contributed by atoms with van der Waals surface area (Å²) in [4.78, 5) is 27.6. The van der Waals surface area contributed by atoms with Gasteiger partial charge < -0.3 is 15.2 Å². The lowest BCUT2D eigenvalue weighted by Gasteiger charge is -2.14. The molecule has 0 unspecified atom stereocenters. The van der Waals surface area contributed by atoms with Gasteiger partial charge in [-0.25, -0.2) is 4.98 Å². The van der Waals surface area contributed by atoms with Gasteiger partial charge in [0.2, 0.25) is 0 Å². The first-order valence-electron chi connectivity index (χ1n) is 8.59. The number of ether oxygens (including phenoxy) is 2. The van der Waals surface area contributed by atoms with Crippen molar-refractivity contribution in [2.24, 2.45) is 7.05 Å². The smallest absolute Gasteiger partial charge is 0.302 e. The highest BCUT2D eigenvalue weighted by Crippen LogP contribution is 2.32. The molecule has 27 heavy (non-hydrogen) atoms. The molecule has 0 bridgehead atoms. The molecule has 0 aliphatic carbocycles. The summed E-state index contributed by atoms with van der Waals surface area (Å²) in [6, 6.07) is 11.1. The summed E-state index contributed by atoms with van der Waals surface area (Å²) in [5.74, 6) is 0.339. The highest BCUT2D eigenvalue weighted by molar-refractivity contribution is 5.98. The summed E-state index contributed by atoms with van der Waals surface area (Å²) in [7, 11) is 1.65. The third-order valence-corrected chi connectivity index (χ3v) is 4.16. The van der Waals surface area contributed by atoms with E-state index in [1.54, 1.807) is 13.2 Å². The number of hydrogen-bond donors (Lipinski definition) is 1. The van der Waals surface area contributed by atoms with Gasteiger partial charge in [0.1, 0.15) is 17.1 Å². The van der Waals surface area contributed by atoms with Crippen LogP contribution in [0.25, 0.3) is 22.2 Å². The number of fused-ring (bicyclic) bond motifs is 1. The molecule has 2 aromatic heterocycles. The van der Waals surface area contributed by atoms with Crippen LogP contribution in [0.2, 0.25) is 0 Å². The lowest BCUT2D eigenvalue weighted by Crippen LogP contribution is -2.22. The monoisotopic (exact) mass is 367 g/mol. The Bertz CT molecular complexity index is 1040. The van der Waals surface area contributed by atoms with E-state index < -0.39 is 0 Å². The minimum Gasteiger partial charge on any atom is -0.493 e. The van der Waals surface area contributed by atoms with E-state index in [1.807, 2.05) is 36.4 Å². The molecule has 0 saturated carbocycles. The molecule has 2 heterocycles. The molecular weight excluding hydrogens is 346 g/mol. The second-order valence-electron chi connectivity index (χ2n) is 6.10. The van der Waals surface area contributed by atoms with E-state index >= 15 is 0 Å². The number of esters is 1. The summed E-state index contributed by atoms with van der Waals surface area (Å²) in [5.41, 5.74) is 8.02. The van der Waals surface area contributed by atoms with Crippen molar-refractivity contribution < 1.29 is 14.3 Å². The van der Waals surface area contributed by atoms with Crippen LogP contribution in [-0.2, 0) is 16.6 Å². The third kappa shape index (κ3) is 3.92. The zero-order valence-corrected chi connectivity index (χ0v) is 15.3. The highest BCUT2D eigenvalue weighted by Gasteiger charge is 2.15. The highest BCUT2D eigenvalue weighted by atomic mass is 16.5. The molecule has 0 fully saturated rings. The van der Waals surface area contributed by atoms with E-state index in [1.165, 1.54) is 11.5 Å². The van der Waals surface area contributed by atoms with Crippen LogP contribution in [0.5, 0.6) is 5.75 Å². The molecule has 3 rings (SSSR count). The Morgan fingerprint density at radius 3 is 2.81 bits per heavy atom. The first kappa shape index (κ1) is 18.4. The van der Waals surface area contributed by atoms with Crippen molar-refractivity contribution in [3.8, 4) is 16.9 Å². The van der Waals surface area contributed by atoms with E-state index in [0.717, 1.165) is 10.9 Å². The van der Waals surface area contributed by atoms with Crippen LogP contribution >= 0.6 is 0 Å². The Kier molecular flexibility index (Phi) is 5.40. The number of aryl methyl sites for hydroxylation is 1. The van der Waals surface area contributed by atoms with Crippen LogP contribution in [0.4, 0.5) is 5.69 Å². The Morgan fingerprint density at radius 1 is 1.22 bits per heavy atom. The zero-order chi connectivity index (χ0) is 19.4. The molecule has 1 aromatic carbocycles. The Hall–Kier alpha value is -3.35. The van der Waals surface area contributed by atoms with E-state index in [9.17, 15) is 9.59 Å². The Labute approximate surface area is 156 Å². The number of nitrogens with two attached hydrogens (primary N) is 1. The largest absolute Gasteiger partial charge is 0.493 e. The topological polar surface area (TPSA) is 96.4 Å². The molecule has 0 aliphatic rings. The molecule has 0 atom stereocenters. The first-order valence-corrected chi connectivity index (χ1v) is 8.59. The van der Waals surface area contributed by atoms with Crippen molar-refractivity contribution in [1.82, 2.24) is 9.55 Å². The van der Waals surface area contributed by atoms with Crippen molar-refractivity contribution in [3.63, 3.8) is 0 Å². The van der Waals surface area contributed by atoms with Crippen molar-refractivity contribution in [3.05, 3.63) is 52.9 Å². The average molecular weight is 367 g/mol. The molecule has 0 radical (unpaired) electrons. The summed E-state index contributed by atoms with van der Waals surface area (Å²) in [5, 5.41) is 0.795. The summed E-state index contributed by atoms with van der Waals surface area (Å²) >= 11 is 0. The first-order chi connectivity index (χ1) is 13.0. The Morgan fingerprint density at radius 2 is 2.04 bits per heavy atom. The van der Waals surface area contributed by atoms with Crippen molar-refractivity contribution in [2.45, 2.75) is 13.3 Å². The summed E-state index contributed by atoms with van der Waals surface area (Å²) in [6.45, 7) is 2.09. The minimum atomic E-state index is -0.307. The number of nitrogen functional groups attached to an aromatic ring is 1. The van der Waals surface area contributed by atoms with Gasteiger partial charge in [0.25, 0.3) is 5.56 Å². The fraction of sp³-hybridized carbons (Fsp3) is 0.250. The van der Waals surface area contributed by atoms with Crippen molar-refractivity contribution in [2.75, 3.05) is 18.9 Å². The molecule has 7 nitrogen and oxygen atoms in total. The minimum absolute atomic E-state index is 0.171. The van der Waals surface area contributed by atoms with Gasteiger partial charge in [-0.15, -0.1) is 0 Å². The summed E-state index contributed by atoms with van der Waals surface area (Å²) < 4.78 is 12.1. The van der Waals surface area contributed by atoms with Crippen LogP contribution in [0, 0.1) is 0 Å². The molecule has 0 amide bonds. The average Bonchev–Trinajstić information content (AvgIpc) is 2.66. The van der Waals surface area contributed by atoms with Crippen molar-refractivity contribution in [1.29, 1.82) is 0 Å². The SMILES string of the molecule is CC(=O)OCCCOc1cccc(-c2c(N)c(=O)n(C)c3ncccc23)c1. The van der Waals surface area contributed by atoms with Crippen molar-refractivity contribution >= 4 is 22.7 Å². The fourth-order valence-electron chi connectivity index (χ4n) is 2.91. The van der Waals surface area contributed by atoms with E-state index in [-0.39, 0.29) is 17.2 Å². The second-order valence-corrected chi connectivity index (χ2v) is 6.10. The maximum atomic E-state index is 12.5. The molecule has 7 heteroatoms. The molecule has 0 spiro atoms. The normalized spacial score (nSPS) is 10.7. The third-order valence-electron chi connectivity index (χ3n) is 4.16. The maximum absolute atomic E-state index is 12.5. The number of benzene rings is 1. The number of nitrogens with zero attached hydrogens (tertiary/aromatic N) is 2.